The van der Waals surface area contributed by atoms with Gasteiger partial charge in [-0.05, 0) is 42.3 Å². The van der Waals surface area contributed by atoms with E-state index in [0.717, 1.165) is 24.2 Å². The van der Waals surface area contributed by atoms with Crippen LogP contribution in [0, 0.1) is 0 Å². The number of rotatable bonds is 2. The van der Waals surface area contributed by atoms with Crippen LogP contribution in [-0.4, -0.2) is 12.3 Å². The van der Waals surface area contributed by atoms with E-state index in [4.69, 9.17) is 11.6 Å². The zero-order valence-electron chi connectivity index (χ0n) is 9.74. The zero-order chi connectivity index (χ0) is 12.5. The number of halogens is 1. The first kappa shape index (κ1) is 11.3. The molecular weight excluding hydrogens is 246 g/mol. The second kappa shape index (κ2) is 4.46. The summed E-state index contributed by atoms with van der Waals surface area (Å²) in [5.74, 6) is 0.0397. The molecule has 2 nitrogen and oxygen atoms in total. The Hall–Kier alpha value is -1.80. The Morgan fingerprint density at radius 1 is 1.11 bits per heavy atom. The number of para-hydroxylation sites is 1. The summed E-state index contributed by atoms with van der Waals surface area (Å²) >= 11 is 5.83. The fourth-order valence-electron chi connectivity index (χ4n) is 2.29. The Morgan fingerprint density at radius 3 is 2.67 bits per heavy atom. The van der Waals surface area contributed by atoms with Gasteiger partial charge in [0.1, 0.15) is 0 Å². The number of benzene rings is 2. The number of fused-ring (bicyclic) bond motifs is 1. The molecule has 1 heterocycles. The van der Waals surface area contributed by atoms with Crippen LogP contribution in [0.3, 0.4) is 0 Å². The molecular formula is C15H12ClNO. The standard InChI is InChI=1S/C15H12ClNO/c16-12-6-4-11(5-7-12)15(18)13-3-1-2-10-8-9-17-14(10)13/h1-7,17H,8-9H2. The fourth-order valence-corrected chi connectivity index (χ4v) is 2.41. The van der Waals surface area contributed by atoms with Crippen LogP contribution in [0.25, 0.3) is 0 Å². The lowest BCUT2D eigenvalue weighted by Gasteiger charge is -2.08. The van der Waals surface area contributed by atoms with Crippen LogP contribution < -0.4 is 5.32 Å². The van der Waals surface area contributed by atoms with Crippen LogP contribution in [0.2, 0.25) is 5.02 Å². The van der Waals surface area contributed by atoms with Crippen molar-refractivity contribution in [2.75, 3.05) is 11.9 Å². The largest absolute Gasteiger partial charge is 0.384 e. The first-order valence-corrected chi connectivity index (χ1v) is 6.29. The quantitative estimate of drug-likeness (QED) is 0.834. The molecule has 3 heteroatoms. The molecule has 0 aromatic heterocycles. The minimum absolute atomic E-state index is 0.0397. The number of carbonyl (C=O) groups is 1. The first-order valence-electron chi connectivity index (χ1n) is 5.92. The Balaban J connectivity index is 2.03. The van der Waals surface area contributed by atoms with E-state index in [1.165, 1.54) is 5.56 Å². The van der Waals surface area contributed by atoms with Crippen molar-refractivity contribution in [1.29, 1.82) is 0 Å². The number of anilines is 1. The molecule has 0 fully saturated rings. The molecule has 1 N–H and O–H groups in total. The van der Waals surface area contributed by atoms with E-state index < -0.39 is 0 Å². The molecule has 18 heavy (non-hydrogen) atoms. The van der Waals surface area contributed by atoms with Crippen LogP contribution in [0.4, 0.5) is 5.69 Å². The number of hydrogen-bond acceptors (Lipinski definition) is 2. The molecule has 0 radical (unpaired) electrons. The SMILES string of the molecule is O=C(c1ccc(Cl)cc1)c1cccc2c1NCC2. The number of nitrogens with one attached hydrogen (secondary N) is 1. The molecule has 0 saturated heterocycles. The van der Waals surface area contributed by atoms with Crippen molar-refractivity contribution in [2.45, 2.75) is 6.42 Å². The highest BCUT2D eigenvalue weighted by Crippen LogP contribution is 2.28. The third-order valence-corrected chi connectivity index (χ3v) is 3.45. The van der Waals surface area contributed by atoms with Crippen LogP contribution in [-0.2, 0) is 6.42 Å². The second-order valence-corrected chi connectivity index (χ2v) is 4.79. The van der Waals surface area contributed by atoms with E-state index in [1.54, 1.807) is 24.3 Å². The van der Waals surface area contributed by atoms with Gasteiger partial charge in [-0.25, -0.2) is 0 Å². The van der Waals surface area contributed by atoms with Crippen LogP contribution in [0.1, 0.15) is 21.5 Å². The third-order valence-electron chi connectivity index (χ3n) is 3.20. The van der Waals surface area contributed by atoms with Gasteiger partial charge >= 0.3 is 0 Å². The molecule has 1 aliphatic heterocycles. The van der Waals surface area contributed by atoms with Gasteiger partial charge in [-0.1, -0.05) is 23.7 Å². The average molecular weight is 258 g/mol. The van der Waals surface area contributed by atoms with Gasteiger partial charge in [-0.2, -0.15) is 0 Å². The monoisotopic (exact) mass is 257 g/mol. The third kappa shape index (κ3) is 1.89. The van der Waals surface area contributed by atoms with Crippen LogP contribution in [0.15, 0.2) is 42.5 Å². The summed E-state index contributed by atoms with van der Waals surface area (Å²) in [7, 11) is 0. The Bertz CT molecular complexity index is 604. The van der Waals surface area contributed by atoms with Gasteiger partial charge in [0.2, 0.25) is 0 Å². The van der Waals surface area contributed by atoms with E-state index in [2.05, 4.69) is 11.4 Å². The summed E-state index contributed by atoms with van der Waals surface area (Å²) in [5, 5.41) is 3.93. The Kier molecular flexibility index (Phi) is 2.80. The summed E-state index contributed by atoms with van der Waals surface area (Å²) in [6.45, 7) is 0.903. The normalized spacial score (nSPS) is 12.9. The molecule has 0 bridgehead atoms. The van der Waals surface area contributed by atoms with E-state index in [-0.39, 0.29) is 5.78 Å². The van der Waals surface area contributed by atoms with E-state index in [9.17, 15) is 4.79 Å². The van der Waals surface area contributed by atoms with E-state index >= 15 is 0 Å². The van der Waals surface area contributed by atoms with Crippen molar-refractivity contribution in [2.24, 2.45) is 0 Å². The van der Waals surface area contributed by atoms with Gasteiger partial charge in [-0.15, -0.1) is 0 Å². The summed E-state index contributed by atoms with van der Waals surface area (Å²) in [4.78, 5) is 12.4. The average Bonchev–Trinajstić information content (AvgIpc) is 2.87. The van der Waals surface area contributed by atoms with Crippen molar-refractivity contribution in [3.63, 3.8) is 0 Å². The maximum atomic E-state index is 12.4. The van der Waals surface area contributed by atoms with E-state index in [1.807, 2.05) is 12.1 Å². The van der Waals surface area contributed by atoms with Gasteiger partial charge in [0, 0.05) is 28.4 Å². The van der Waals surface area contributed by atoms with Gasteiger partial charge < -0.3 is 5.32 Å². The zero-order valence-corrected chi connectivity index (χ0v) is 10.5. The maximum absolute atomic E-state index is 12.4. The molecule has 0 spiro atoms. The number of ketones is 1. The second-order valence-electron chi connectivity index (χ2n) is 4.35. The molecule has 90 valence electrons. The predicted octanol–water partition coefficient (Wildman–Crippen LogP) is 3.54. The van der Waals surface area contributed by atoms with Crippen molar-refractivity contribution in [1.82, 2.24) is 0 Å². The van der Waals surface area contributed by atoms with Crippen LogP contribution in [0.5, 0.6) is 0 Å². The molecule has 2 aromatic carbocycles. The van der Waals surface area contributed by atoms with E-state index in [0.29, 0.717) is 10.6 Å². The Morgan fingerprint density at radius 2 is 1.89 bits per heavy atom. The summed E-state index contributed by atoms with van der Waals surface area (Å²) in [5.41, 5.74) is 3.61. The highest BCUT2D eigenvalue weighted by molar-refractivity contribution is 6.30. The number of hydrogen-bond donors (Lipinski definition) is 1. The van der Waals surface area contributed by atoms with Crippen molar-refractivity contribution in [3.8, 4) is 0 Å². The van der Waals surface area contributed by atoms with Gasteiger partial charge in [0.05, 0.1) is 0 Å². The summed E-state index contributed by atoms with van der Waals surface area (Å²) in [6, 6.07) is 12.9. The van der Waals surface area contributed by atoms with Gasteiger partial charge in [0.25, 0.3) is 0 Å². The molecule has 0 aliphatic carbocycles. The topological polar surface area (TPSA) is 29.1 Å². The molecule has 1 aliphatic rings. The lowest BCUT2D eigenvalue weighted by atomic mass is 9.99. The molecule has 0 unspecified atom stereocenters. The van der Waals surface area contributed by atoms with Crippen molar-refractivity contribution < 1.29 is 4.79 Å². The highest BCUT2D eigenvalue weighted by Gasteiger charge is 2.19. The molecule has 0 saturated carbocycles. The minimum atomic E-state index is 0.0397. The maximum Gasteiger partial charge on any atom is 0.195 e. The van der Waals surface area contributed by atoms with Crippen LogP contribution >= 0.6 is 11.6 Å². The van der Waals surface area contributed by atoms with Gasteiger partial charge in [-0.3, -0.25) is 4.79 Å². The van der Waals surface area contributed by atoms with Crippen molar-refractivity contribution >= 4 is 23.1 Å². The molecule has 3 rings (SSSR count). The molecule has 2 aromatic rings. The summed E-state index contributed by atoms with van der Waals surface area (Å²) in [6.07, 6.45) is 0.983. The predicted molar refractivity (Wildman–Crippen MR) is 73.5 cm³/mol. The highest BCUT2D eigenvalue weighted by atomic mass is 35.5. The molecule has 0 amide bonds. The fraction of sp³-hybridized carbons (Fsp3) is 0.133. The van der Waals surface area contributed by atoms with Gasteiger partial charge in [0.15, 0.2) is 5.78 Å². The Labute approximate surface area is 111 Å². The van der Waals surface area contributed by atoms with Crippen molar-refractivity contribution in [3.05, 3.63) is 64.2 Å². The lowest BCUT2D eigenvalue weighted by Crippen LogP contribution is -2.05. The minimum Gasteiger partial charge on any atom is -0.384 e. The summed E-state index contributed by atoms with van der Waals surface area (Å²) < 4.78 is 0. The first-order chi connectivity index (χ1) is 8.75. The lowest BCUT2D eigenvalue weighted by molar-refractivity contribution is 0.103. The smallest absolute Gasteiger partial charge is 0.195 e. The molecule has 0 atom stereocenters. The number of carbonyl (C=O) groups excluding carboxylic acids is 1.